The summed E-state index contributed by atoms with van der Waals surface area (Å²) in [5, 5.41) is 5.82. The molecule has 2 rings (SSSR count). The van der Waals surface area contributed by atoms with Gasteiger partial charge in [0.2, 0.25) is 5.91 Å². The topological polar surface area (TPSA) is 68.0 Å². The lowest BCUT2D eigenvalue weighted by Crippen LogP contribution is -2.41. The summed E-state index contributed by atoms with van der Waals surface area (Å²) in [6, 6.07) is 7.43. The molecular formula is C16H21BrClN3OS. The van der Waals surface area contributed by atoms with Crippen molar-refractivity contribution in [3.8, 4) is 11.3 Å². The molecule has 1 heterocycles. The Morgan fingerprint density at radius 2 is 2.04 bits per heavy atom. The Balaban J connectivity index is 0.00000264. The standard InChI is InChI=1S/C16H20BrN3OS.ClH/c1-3-4-13(18)15(21)19-10(2)16-20-14(9-22-16)11-5-7-12(17)8-6-11;/h5-10,13H,3-4,18H2,1-2H3,(H,19,21);1H. The van der Waals surface area contributed by atoms with Crippen molar-refractivity contribution >= 4 is 45.6 Å². The second-order valence-electron chi connectivity index (χ2n) is 5.20. The molecule has 0 aliphatic carbocycles. The summed E-state index contributed by atoms with van der Waals surface area (Å²) in [5.41, 5.74) is 7.82. The van der Waals surface area contributed by atoms with Crippen LogP contribution in [-0.2, 0) is 4.79 Å². The summed E-state index contributed by atoms with van der Waals surface area (Å²) in [6.45, 7) is 3.95. The van der Waals surface area contributed by atoms with Gasteiger partial charge in [0.15, 0.2) is 0 Å². The molecule has 23 heavy (non-hydrogen) atoms. The van der Waals surface area contributed by atoms with E-state index in [1.807, 2.05) is 43.5 Å². The summed E-state index contributed by atoms with van der Waals surface area (Å²) >= 11 is 4.97. The quantitative estimate of drug-likeness (QED) is 0.735. The minimum absolute atomic E-state index is 0. The second-order valence-corrected chi connectivity index (χ2v) is 7.01. The Labute approximate surface area is 155 Å². The number of hydrogen-bond acceptors (Lipinski definition) is 4. The molecule has 126 valence electrons. The SMILES string of the molecule is CCCC(N)C(=O)NC(C)c1nc(-c2ccc(Br)cc2)cs1.Cl. The van der Waals surface area contributed by atoms with Gasteiger partial charge < -0.3 is 11.1 Å². The summed E-state index contributed by atoms with van der Waals surface area (Å²) in [4.78, 5) is 16.6. The molecule has 7 heteroatoms. The van der Waals surface area contributed by atoms with Crippen LogP contribution in [0, 0.1) is 0 Å². The maximum atomic E-state index is 12.0. The molecule has 3 N–H and O–H groups in total. The van der Waals surface area contributed by atoms with E-state index in [1.165, 1.54) is 0 Å². The van der Waals surface area contributed by atoms with Crippen molar-refractivity contribution in [3.05, 3.63) is 39.1 Å². The fraction of sp³-hybridized carbons (Fsp3) is 0.375. The van der Waals surface area contributed by atoms with Crippen LogP contribution in [0.2, 0.25) is 0 Å². The highest BCUT2D eigenvalue weighted by Gasteiger charge is 2.18. The van der Waals surface area contributed by atoms with Crippen molar-refractivity contribution < 1.29 is 4.79 Å². The molecule has 0 fully saturated rings. The van der Waals surface area contributed by atoms with Gasteiger partial charge in [-0.1, -0.05) is 41.4 Å². The Bertz CT molecular complexity index is 633. The molecule has 0 spiro atoms. The van der Waals surface area contributed by atoms with E-state index < -0.39 is 6.04 Å². The minimum Gasteiger partial charge on any atom is -0.346 e. The van der Waals surface area contributed by atoms with Gasteiger partial charge in [0.25, 0.3) is 0 Å². The number of aromatic nitrogens is 1. The first-order chi connectivity index (χ1) is 10.5. The van der Waals surface area contributed by atoms with Gasteiger partial charge in [-0.05, 0) is 25.5 Å². The minimum atomic E-state index is -0.446. The Morgan fingerprint density at radius 3 is 2.65 bits per heavy atom. The van der Waals surface area contributed by atoms with Crippen molar-refractivity contribution in [3.63, 3.8) is 0 Å². The van der Waals surface area contributed by atoms with Crippen LogP contribution in [0.15, 0.2) is 34.1 Å². The van der Waals surface area contributed by atoms with Gasteiger partial charge in [0.1, 0.15) is 5.01 Å². The number of thiazole rings is 1. The molecule has 0 saturated heterocycles. The number of rotatable bonds is 6. The van der Waals surface area contributed by atoms with Gasteiger partial charge in [-0.25, -0.2) is 4.98 Å². The van der Waals surface area contributed by atoms with E-state index in [2.05, 4.69) is 26.2 Å². The molecule has 2 unspecified atom stereocenters. The highest BCUT2D eigenvalue weighted by molar-refractivity contribution is 9.10. The number of carbonyl (C=O) groups excluding carboxylic acids is 1. The molecule has 0 aliphatic heterocycles. The molecule has 1 aromatic heterocycles. The lowest BCUT2D eigenvalue weighted by Gasteiger charge is -2.15. The molecule has 4 nitrogen and oxygen atoms in total. The second kappa shape index (κ2) is 9.37. The van der Waals surface area contributed by atoms with Crippen molar-refractivity contribution in [2.75, 3.05) is 0 Å². The van der Waals surface area contributed by atoms with Crippen LogP contribution in [0.5, 0.6) is 0 Å². The zero-order valence-corrected chi connectivity index (χ0v) is 16.3. The molecule has 2 atom stereocenters. The largest absolute Gasteiger partial charge is 0.346 e. The van der Waals surface area contributed by atoms with Crippen LogP contribution in [0.25, 0.3) is 11.3 Å². The number of carbonyl (C=O) groups is 1. The maximum absolute atomic E-state index is 12.0. The summed E-state index contributed by atoms with van der Waals surface area (Å²) < 4.78 is 1.04. The first-order valence-corrected chi connectivity index (χ1v) is 8.95. The lowest BCUT2D eigenvalue weighted by molar-refractivity contribution is -0.123. The molecule has 1 aromatic carbocycles. The molecule has 0 aliphatic rings. The van der Waals surface area contributed by atoms with E-state index >= 15 is 0 Å². The zero-order chi connectivity index (χ0) is 16.1. The normalized spacial score (nSPS) is 13.0. The molecule has 0 bridgehead atoms. The predicted octanol–water partition coefficient (Wildman–Crippen LogP) is 4.30. The number of nitrogens with two attached hydrogens (primary N) is 1. The van der Waals surface area contributed by atoms with E-state index in [4.69, 9.17) is 5.73 Å². The van der Waals surface area contributed by atoms with E-state index in [0.717, 1.165) is 27.2 Å². The first kappa shape index (κ1) is 20.1. The number of nitrogens with one attached hydrogen (secondary N) is 1. The van der Waals surface area contributed by atoms with Crippen LogP contribution in [0.1, 0.15) is 37.7 Å². The number of nitrogens with zero attached hydrogens (tertiary/aromatic N) is 1. The molecular weight excluding hydrogens is 398 g/mol. The molecule has 0 saturated carbocycles. The van der Waals surface area contributed by atoms with E-state index in [1.54, 1.807) is 11.3 Å². The first-order valence-electron chi connectivity index (χ1n) is 7.28. The van der Waals surface area contributed by atoms with E-state index in [-0.39, 0.29) is 24.4 Å². The van der Waals surface area contributed by atoms with Crippen molar-refractivity contribution in [2.24, 2.45) is 5.73 Å². The number of halogens is 2. The van der Waals surface area contributed by atoms with E-state index in [9.17, 15) is 4.79 Å². The van der Waals surface area contributed by atoms with Gasteiger partial charge in [-0.3, -0.25) is 4.79 Å². The number of amides is 1. The van der Waals surface area contributed by atoms with Gasteiger partial charge in [-0.15, -0.1) is 23.7 Å². The van der Waals surface area contributed by atoms with Crippen LogP contribution in [-0.4, -0.2) is 16.9 Å². The lowest BCUT2D eigenvalue weighted by atomic mass is 10.1. The van der Waals surface area contributed by atoms with Crippen molar-refractivity contribution in [1.82, 2.24) is 10.3 Å². The van der Waals surface area contributed by atoms with Gasteiger partial charge in [0.05, 0.1) is 17.8 Å². The van der Waals surface area contributed by atoms with E-state index in [0.29, 0.717) is 6.42 Å². The smallest absolute Gasteiger partial charge is 0.237 e. The van der Waals surface area contributed by atoms with Crippen molar-refractivity contribution in [2.45, 2.75) is 38.8 Å². The summed E-state index contributed by atoms with van der Waals surface area (Å²) in [7, 11) is 0. The molecule has 0 radical (unpaired) electrons. The number of hydrogen-bond donors (Lipinski definition) is 2. The monoisotopic (exact) mass is 417 g/mol. The van der Waals surface area contributed by atoms with Crippen LogP contribution >= 0.6 is 39.7 Å². The fourth-order valence-corrected chi connectivity index (χ4v) is 3.16. The Hall–Kier alpha value is -0.950. The third-order valence-corrected chi connectivity index (χ3v) is 4.88. The van der Waals surface area contributed by atoms with Gasteiger partial charge in [0, 0.05) is 15.4 Å². The third-order valence-electron chi connectivity index (χ3n) is 3.33. The number of benzene rings is 1. The average Bonchev–Trinajstić information content (AvgIpc) is 2.98. The zero-order valence-electron chi connectivity index (χ0n) is 13.1. The molecule has 2 aromatic rings. The van der Waals surface area contributed by atoms with Crippen LogP contribution < -0.4 is 11.1 Å². The van der Waals surface area contributed by atoms with Crippen molar-refractivity contribution in [1.29, 1.82) is 0 Å². The average molecular weight is 419 g/mol. The highest BCUT2D eigenvalue weighted by Crippen LogP contribution is 2.26. The maximum Gasteiger partial charge on any atom is 0.237 e. The van der Waals surface area contributed by atoms with Crippen LogP contribution in [0.3, 0.4) is 0 Å². The van der Waals surface area contributed by atoms with Gasteiger partial charge >= 0.3 is 0 Å². The Morgan fingerprint density at radius 1 is 1.39 bits per heavy atom. The third kappa shape index (κ3) is 5.57. The fourth-order valence-electron chi connectivity index (χ4n) is 2.06. The highest BCUT2D eigenvalue weighted by atomic mass is 79.9. The van der Waals surface area contributed by atoms with Crippen LogP contribution in [0.4, 0.5) is 0 Å². The predicted molar refractivity (Wildman–Crippen MR) is 102 cm³/mol. The summed E-state index contributed by atoms with van der Waals surface area (Å²) in [5.74, 6) is -0.116. The Kier molecular flexibility index (Phi) is 8.19. The summed E-state index contributed by atoms with van der Waals surface area (Å²) in [6.07, 6.45) is 1.59. The van der Waals surface area contributed by atoms with Gasteiger partial charge in [-0.2, -0.15) is 0 Å². The molecule has 1 amide bonds.